The molecule has 0 radical (unpaired) electrons. The van der Waals surface area contributed by atoms with Crippen molar-refractivity contribution in [1.29, 1.82) is 0 Å². The highest BCUT2D eigenvalue weighted by Gasteiger charge is 2.27. The Morgan fingerprint density at radius 1 is 0.875 bits per heavy atom. The Balaban J connectivity index is 1.86. The summed E-state index contributed by atoms with van der Waals surface area (Å²) in [6, 6.07) is 9.24. The smallest absolute Gasteiger partial charge is 0.133 e. The van der Waals surface area contributed by atoms with E-state index in [9.17, 15) is 0 Å². The van der Waals surface area contributed by atoms with Gasteiger partial charge in [0.15, 0.2) is 0 Å². The van der Waals surface area contributed by atoms with Gasteiger partial charge in [-0.05, 0) is 113 Å². The summed E-state index contributed by atoms with van der Waals surface area (Å²) in [6.45, 7) is 0. The van der Waals surface area contributed by atoms with E-state index >= 15 is 0 Å². The summed E-state index contributed by atoms with van der Waals surface area (Å²) in [4.78, 5) is 0. The van der Waals surface area contributed by atoms with Crippen LogP contribution in [0, 0.1) is 0 Å². The molecule has 0 saturated carbocycles. The summed E-state index contributed by atoms with van der Waals surface area (Å²) >= 11 is 7.41. The number of fused-ring (bicyclic) bond motifs is 2. The minimum atomic E-state index is 0.500. The SMILES string of the molecule is COc1cc2c(cc1Br)CCCC2c1cc(Br)cc2c1CCCC2. The van der Waals surface area contributed by atoms with Crippen LogP contribution in [0.25, 0.3) is 0 Å². The van der Waals surface area contributed by atoms with Gasteiger partial charge in [-0.25, -0.2) is 0 Å². The molecule has 2 aromatic rings. The van der Waals surface area contributed by atoms with Crippen molar-refractivity contribution >= 4 is 31.9 Å². The Bertz CT molecular complexity index is 782. The van der Waals surface area contributed by atoms with Crippen molar-refractivity contribution in [3.63, 3.8) is 0 Å². The highest BCUT2D eigenvalue weighted by molar-refractivity contribution is 9.10. The molecule has 2 aliphatic carbocycles. The number of ether oxygens (including phenoxy) is 1. The zero-order valence-corrected chi connectivity index (χ0v) is 17.2. The fourth-order valence-electron chi connectivity index (χ4n) is 4.46. The van der Waals surface area contributed by atoms with Crippen LogP contribution in [-0.4, -0.2) is 7.11 Å². The van der Waals surface area contributed by atoms with Gasteiger partial charge in [0.25, 0.3) is 0 Å². The van der Waals surface area contributed by atoms with Gasteiger partial charge >= 0.3 is 0 Å². The molecule has 126 valence electrons. The van der Waals surface area contributed by atoms with Gasteiger partial charge in [-0.15, -0.1) is 0 Å². The quantitative estimate of drug-likeness (QED) is 0.503. The average Bonchev–Trinajstić information content (AvgIpc) is 2.59. The van der Waals surface area contributed by atoms with E-state index in [1.54, 1.807) is 23.8 Å². The molecule has 0 bridgehead atoms. The van der Waals surface area contributed by atoms with Crippen LogP contribution in [0.5, 0.6) is 5.75 Å². The monoisotopic (exact) mass is 448 g/mol. The average molecular weight is 450 g/mol. The molecule has 2 aliphatic rings. The molecule has 1 nitrogen and oxygen atoms in total. The predicted octanol–water partition coefficient (Wildman–Crippen LogP) is 6.57. The standard InChI is InChI=1S/C21H22Br2O/c1-24-21-12-18-14(10-20(21)23)6-4-8-17(18)19-11-15(22)9-13-5-2-3-7-16(13)19/h9-12,17H,2-8H2,1H3. The van der Waals surface area contributed by atoms with Crippen LogP contribution in [0.3, 0.4) is 0 Å². The van der Waals surface area contributed by atoms with Gasteiger partial charge in [-0.3, -0.25) is 0 Å². The highest BCUT2D eigenvalue weighted by atomic mass is 79.9. The van der Waals surface area contributed by atoms with Crippen molar-refractivity contribution < 1.29 is 4.74 Å². The molecule has 0 saturated heterocycles. The Kier molecular flexibility index (Phi) is 4.75. The van der Waals surface area contributed by atoms with Crippen molar-refractivity contribution in [2.45, 2.75) is 50.9 Å². The minimum Gasteiger partial charge on any atom is -0.496 e. The number of benzene rings is 2. The molecule has 3 heteroatoms. The van der Waals surface area contributed by atoms with Gasteiger partial charge in [0, 0.05) is 10.4 Å². The van der Waals surface area contributed by atoms with Crippen LogP contribution in [-0.2, 0) is 19.3 Å². The largest absolute Gasteiger partial charge is 0.496 e. The summed E-state index contributed by atoms with van der Waals surface area (Å²) in [7, 11) is 1.76. The Hall–Kier alpha value is -0.800. The van der Waals surface area contributed by atoms with Crippen molar-refractivity contribution in [3.05, 3.63) is 61.0 Å². The van der Waals surface area contributed by atoms with Crippen LogP contribution >= 0.6 is 31.9 Å². The predicted molar refractivity (Wildman–Crippen MR) is 106 cm³/mol. The Morgan fingerprint density at radius 3 is 2.50 bits per heavy atom. The fraction of sp³-hybridized carbons (Fsp3) is 0.429. The summed E-state index contributed by atoms with van der Waals surface area (Å²) in [5.74, 6) is 1.45. The molecule has 0 spiro atoms. The highest BCUT2D eigenvalue weighted by Crippen LogP contribution is 2.44. The Morgan fingerprint density at radius 2 is 1.67 bits per heavy atom. The lowest BCUT2D eigenvalue weighted by Crippen LogP contribution is -2.16. The topological polar surface area (TPSA) is 9.23 Å². The van der Waals surface area contributed by atoms with E-state index in [1.807, 2.05) is 0 Å². The van der Waals surface area contributed by atoms with E-state index in [2.05, 4.69) is 56.1 Å². The lowest BCUT2D eigenvalue weighted by molar-refractivity contribution is 0.410. The van der Waals surface area contributed by atoms with E-state index in [1.165, 1.54) is 60.5 Å². The number of hydrogen-bond acceptors (Lipinski definition) is 1. The molecule has 0 aromatic heterocycles. The molecule has 1 atom stereocenters. The van der Waals surface area contributed by atoms with Crippen molar-refractivity contribution in [2.24, 2.45) is 0 Å². The van der Waals surface area contributed by atoms with Crippen molar-refractivity contribution in [1.82, 2.24) is 0 Å². The Labute approximate surface area is 161 Å². The lowest BCUT2D eigenvalue weighted by Gasteiger charge is -2.31. The van der Waals surface area contributed by atoms with Crippen LogP contribution in [0.2, 0.25) is 0 Å². The fourth-order valence-corrected chi connectivity index (χ4v) is 5.53. The second-order valence-corrected chi connectivity index (χ2v) is 8.74. The van der Waals surface area contributed by atoms with E-state index in [4.69, 9.17) is 4.74 Å². The molecule has 24 heavy (non-hydrogen) atoms. The first-order chi connectivity index (χ1) is 11.7. The molecule has 0 amide bonds. The molecular formula is C21H22Br2O. The van der Waals surface area contributed by atoms with Crippen molar-refractivity contribution in [3.8, 4) is 5.75 Å². The summed E-state index contributed by atoms with van der Waals surface area (Å²) in [6.07, 6.45) is 8.78. The van der Waals surface area contributed by atoms with Crippen LogP contribution in [0.1, 0.15) is 59.4 Å². The van der Waals surface area contributed by atoms with Gasteiger partial charge < -0.3 is 4.74 Å². The first-order valence-corrected chi connectivity index (χ1v) is 10.4. The maximum absolute atomic E-state index is 5.58. The second kappa shape index (κ2) is 6.84. The molecular weight excluding hydrogens is 428 g/mol. The molecule has 0 N–H and O–H groups in total. The molecule has 2 aromatic carbocycles. The number of hydrogen-bond donors (Lipinski definition) is 0. The third-order valence-electron chi connectivity index (χ3n) is 5.57. The van der Waals surface area contributed by atoms with Crippen LogP contribution in [0.4, 0.5) is 0 Å². The minimum absolute atomic E-state index is 0.500. The normalized spacial score (nSPS) is 19.5. The molecule has 0 fully saturated rings. The third-order valence-corrected chi connectivity index (χ3v) is 6.65. The van der Waals surface area contributed by atoms with Gasteiger partial charge in [-0.2, -0.15) is 0 Å². The number of rotatable bonds is 2. The second-order valence-electron chi connectivity index (χ2n) is 6.97. The van der Waals surface area contributed by atoms with Gasteiger partial charge in [0.1, 0.15) is 5.75 Å². The first-order valence-electron chi connectivity index (χ1n) is 8.85. The van der Waals surface area contributed by atoms with Crippen LogP contribution in [0.15, 0.2) is 33.2 Å². The number of halogens is 2. The molecule has 0 heterocycles. The summed E-state index contributed by atoms with van der Waals surface area (Å²) < 4.78 is 7.88. The zero-order chi connectivity index (χ0) is 16.7. The maximum Gasteiger partial charge on any atom is 0.133 e. The van der Waals surface area contributed by atoms with E-state index < -0.39 is 0 Å². The lowest BCUT2D eigenvalue weighted by atomic mass is 9.75. The van der Waals surface area contributed by atoms with Gasteiger partial charge in [-0.1, -0.05) is 15.9 Å². The molecule has 4 rings (SSSR count). The number of aryl methyl sites for hydroxylation is 2. The maximum atomic E-state index is 5.58. The van der Waals surface area contributed by atoms with Crippen LogP contribution < -0.4 is 4.74 Å². The first kappa shape index (κ1) is 16.7. The van der Waals surface area contributed by atoms with Crippen molar-refractivity contribution in [2.75, 3.05) is 7.11 Å². The van der Waals surface area contributed by atoms with Gasteiger partial charge in [0.2, 0.25) is 0 Å². The summed E-state index contributed by atoms with van der Waals surface area (Å²) in [5, 5.41) is 0. The molecule has 0 aliphatic heterocycles. The zero-order valence-electron chi connectivity index (χ0n) is 14.0. The number of methoxy groups -OCH3 is 1. The summed E-state index contributed by atoms with van der Waals surface area (Å²) in [5.41, 5.74) is 7.66. The van der Waals surface area contributed by atoms with E-state index in [-0.39, 0.29) is 0 Å². The third kappa shape index (κ3) is 2.94. The molecule has 1 unspecified atom stereocenters. The van der Waals surface area contributed by atoms with Gasteiger partial charge in [0.05, 0.1) is 11.6 Å². The van der Waals surface area contributed by atoms with E-state index in [0.717, 1.165) is 10.2 Å². The van der Waals surface area contributed by atoms with E-state index in [0.29, 0.717) is 5.92 Å².